The van der Waals surface area contributed by atoms with Crippen molar-refractivity contribution in [3.8, 4) is 11.5 Å². The highest BCUT2D eigenvalue weighted by Crippen LogP contribution is 2.33. The minimum atomic E-state index is 0.362. The van der Waals surface area contributed by atoms with E-state index in [0.29, 0.717) is 18.6 Å². The molecule has 1 heterocycles. The van der Waals surface area contributed by atoms with E-state index in [2.05, 4.69) is 108 Å². The van der Waals surface area contributed by atoms with Crippen molar-refractivity contribution in [3.05, 3.63) is 95.6 Å². The van der Waals surface area contributed by atoms with Gasteiger partial charge in [-0.1, -0.05) is 108 Å². The molecule has 3 aromatic carbocycles. The van der Waals surface area contributed by atoms with Crippen molar-refractivity contribution in [2.75, 3.05) is 6.79 Å². The van der Waals surface area contributed by atoms with E-state index in [1.54, 1.807) is 0 Å². The molecule has 172 valence electrons. The first-order valence-corrected chi connectivity index (χ1v) is 11.8. The van der Waals surface area contributed by atoms with Crippen LogP contribution in [0.4, 0.5) is 0 Å². The Labute approximate surface area is 195 Å². The van der Waals surface area contributed by atoms with Gasteiger partial charge in [-0.25, -0.2) is 0 Å². The van der Waals surface area contributed by atoms with Crippen LogP contribution in [-0.4, -0.2) is 6.79 Å². The second-order valence-electron chi connectivity index (χ2n) is 9.43. The molecule has 0 radical (unpaired) electrons. The normalized spacial score (nSPS) is 11.7. The van der Waals surface area contributed by atoms with Crippen LogP contribution in [0.2, 0.25) is 0 Å². The van der Waals surface area contributed by atoms with Gasteiger partial charge >= 0.3 is 0 Å². The third-order valence-electron chi connectivity index (χ3n) is 5.03. The lowest BCUT2D eigenvalue weighted by Crippen LogP contribution is -1.94. The molecule has 0 bridgehead atoms. The molecule has 0 saturated heterocycles. The van der Waals surface area contributed by atoms with Gasteiger partial charge in [0.15, 0.2) is 11.5 Å². The monoisotopic (exact) mass is 432 g/mol. The number of hydrogen-bond donors (Lipinski definition) is 0. The summed E-state index contributed by atoms with van der Waals surface area (Å²) in [5.74, 6) is 3.86. The Morgan fingerprint density at radius 1 is 0.594 bits per heavy atom. The van der Waals surface area contributed by atoms with Crippen molar-refractivity contribution in [2.45, 2.75) is 60.3 Å². The number of ether oxygens (including phenoxy) is 2. The molecule has 1 aliphatic rings. The van der Waals surface area contributed by atoms with Crippen molar-refractivity contribution in [1.82, 2.24) is 0 Å². The maximum absolute atomic E-state index is 5.30. The van der Waals surface area contributed by atoms with Crippen LogP contribution in [0.25, 0.3) is 0 Å². The summed E-state index contributed by atoms with van der Waals surface area (Å²) in [6.45, 7) is 13.7. The molecule has 0 saturated carbocycles. The third kappa shape index (κ3) is 9.60. The third-order valence-corrected chi connectivity index (χ3v) is 5.03. The summed E-state index contributed by atoms with van der Waals surface area (Å²) in [5, 5.41) is 0. The Morgan fingerprint density at radius 3 is 1.66 bits per heavy atom. The maximum Gasteiger partial charge on any atom is 0.231 e. The fraction of sp³-hybridized carbons (Fsp3) is 0.400. The molecule has 0 aliphatic carbocycles. The quantitative estimate of drug-likeness (QED) is 0.403. The average Bonchev–Trinajstić information content (AvgIpc) is 3.23. The van der Waals surface area contributed by atoms with E-state index >= 15 is 0 Å². The summed E-state index contributed by atoms with van der Waals surface area (Å²) in [6, 6.07) is 27.3. The Kier molecular flexibility index (Phi) is 10.9. The largest absolute Gasteiger partial charge is 0.454 e. The van der Waals surface area contributed by atoms with E-state index in [1.807, 2.05) is 12.1 Å². The van der Waals surface area contributed by atoms with Crippen molar-refractivity contribution >= 4 is 0 Å². The fourth-order valence-corrected chi connectivity index (χ4v) is 3.46. The standard InChI is InChI=1S/C11H14O2.C10H14.C9H12/c1-8(2)5-9-3-4-10-11(6-9)13-7-12-10;1-9(2)8-10-6-4-3-5-7-10;1-8(2)9-6-4-3-5-7-9/h3-4,6,8H,5,7H2,1-2H3;3-7,9H,8H2,1-2H3;3-8H,1-2H3. The zero-order valence-electron chi connectivity index (χ0n) is 20.7. The van der Waals surface area contributed by atoms with Crippen LogP contribution < -0.4 is 9.47 Å². The van der Waals surface area contributed by atoms with E-state index in [4.69, 9.17) is 9.47 Å². The van der Waals surface area contributed by atoms with Crippen LogP contribution in [0.1, 0.15) is 64.2 Å². The average molecular weight is 433 g/mol. The van der Waals surface area contributed by atoms with Gasteiger partial charge in [-0.05, 0) is 59.4 Å². The predicted octanol–water partition coefficient (Wildman–Crippen LogP) is 8.31. The SMILES string of the molecule is CC(C)Cc1ccc2c(c1)OCO2.CC(C)Cc1ccccc1.CC(C)c1ccccc1. The van der Waals surface area contributed by atoms with Gasteiger partial charge in [0.05, 0.1) is 0 Å². The van der Waals surface area contributed by atoms with Crippen LogP contribution in [0, 0.1) is 11.8 Å². The Morgan fingerprint density at radius 2 is 1.12 bits per heavy atom. The molecule has 2 nitrogen and oxygen atoms in total. The molecule has 0 amide bonds. The molecular formula is C30H40O2. The van der Waals surface area contributed by atoms with Gasteiger partial charge in [0.1, 0.15) is 0 Å². The second-order valence-corrected chi connectivity index (χ2v) is 9.43. The van der Waals surface area contributed by atoms with Crippen molar-refractivity contribution in [3.63, 3.8) is 0 Å². The Hall–Kier alpha value is -2.74. The summed E-state index contributed by atoms with van der Waals surface area (Å²) in [4.78, 5) is 0. The Bertz CT molecular complexity index is 883. The van der Waals surface area contributed by atoms with E-state index in [0.717, 1.165) is 23.8 Å². The van der Waals surface area contributed by atoms with Gasteiger partial charge in [0, 0.05) is 0 Å². The van der Waals surface area contributed by atoms with E-state index in [1.165, 1.54) is 23.1 Å². The number of benzene rings is 3. The summed E-state index contributed by atoms with van der Waals surface area (Å²) < 4.78 is 10.5. The van der Waals surface area contributed by atoms with E-state index in [-0.39, 0.29) is 0 Å². The molecule has 0 unspecified atom stereocenters. The van der Waals surface area contributed by atoms with Crippen LogP contribution in [0.5, 0.6) is 11.5 Å². The highest BCUT2D eigenvalue weighted by molar-refractivity contribution is 5.44. The molecule has 0 spiro atoms. The summed E-state index contributed by atoms with van der Waals surface area (Å²) in [5.41, 5.74) is 4.18. The van der Waals surface area contributed by atoms with Crippen molar-refractivity contribution in [2.24, 2.45) is 11.8 Å². The van der Waals surface area contributed by atoms with Crippen molar-refractivity contribution < 1.29 is 9.47 Å². The molecule has 0 fully saturated rings. The number of hydrogen-bond acceptors (Lipinski definition) is 2. The van der Waals surface area contributed by atoms with Gasteiger partial charge in [-0.15, -0.1) is 0 Å². The minimum Gasteiger partial charge on any atom is -0.454 e. The highest BCUT2D eigenvalue weighted by atomic mass is 16.7. The minimum absolute atomic E-state index is 0.362. The zero-order chi connectivity index (χ0) is 23.3. The molecule has 3 aromatic rings. The molecule has 2 heteroatoms. The molecule has 0 atom stereocenters. The molecule has 1 aliphatic heterocycles. The second kappa shape index (κ2) is 13.6. The first kappa shape index (κ1) is 25.5. The summed E-state index contributed by atoms with van der Waals surface area (Å²) in [6.07, 6.45) is 2.29. The summed E-state index contributed by atoms with van der Waals surface area (Å²) >= 11 is 0. The zero-order valence-corrected chi connectivity index (χ0v) is 20.7. The van der Waals surface area contributed by atoms with E-state index < -0.39 is 0 Å². The van der Waals surface area contributed by atoms with Gasteiger partial charge in [0.2, 0.25) is 6.79 Å². The fourth-order valence-electron chi connectivity index (χ4n) is 3.46. The molecule has 4 rings (SSSR count). The number of fused-ring (bicyclic) bond motifs is 1. The first-order chi connectivity index (χ1) is 15.3. The molecular weight excluding hydrogens is 392 g/mol. The Balaban J connectivity index is 0.000000174. The van der Waals surface area contributed by atoms with Crippen LogP contribution in [0.3, 0.4) is 0 Å². The first-order valence-electron chi connectivity index (χ1n) is 11.8. The van der Waals surface area contributed by atoms with Gasteiger partial charge in [-0.2, -0.15) is 0 Å². The number of rotatable bonds is 5. The van der Waals surface area contributed by atoms with Gasteiger partial charge in [0.25, 0.3) is 0 Å². The smallest absolute Gasteiger partial charge is 0.231 e. The van der Waals surface area contributed by atoms with Gasteiger partial charge < -0.3 is 9.47 Å². The van der Waals surface area contributed by atoms with Crippen LogP contribution in [-0.2, 0) is 12.8 Å². The topological polar surface area (TPSA) is 18.5 Å². The lowest BCUT2D eigenvalue weighted by atomic mass is 10.0. The maximum atomic E-state index is 5.30. The van der Waals surface area contributed by atoms with E-state index in [9.17, 15) is 0 Å². The molecule has 0 N–H and O–H groups in total. The molecule has 32 heavy (non-hydrogen) atoms. The van der Waals surface area contributed by atoms with Crippen LogP contribution >= 0.6 is 0 Å². The van der Waals surface area contributed by atoms with Crippen molar-refractivity contribution in [1.29, 1.82) is 0 Å². The lowest BCUT2D eigenvalue weighted by molar-refractivity contribution is 0.174. The molecule has 0 aromatic heterocycles. The van der Waals surface area contributed by atoms with Crippen LogP contribution in [0.15, 0.2) is 78.9 Å². The highest BCUT2D eigenvalue weighted by Gasteiger charge is 2.13. The lowest BCUT2D eigenvalue weighted by Gasteiger charge is -2.05. The van der Waals surface area contributed by atoms with Gasteiger partial charge in [-0.3, -0.25) is 0 Å². The summed E-state index contributed by atoms with van der Waals surface area (Å²) in [7, 11) is 0. The predicted molar refractivity (Wildman–Crippen MR) is 137 cm³/mol.